The van der Waals surface area contributed by atoms with Gasteiger partial charge in [0.15, 0.2) is 0 Å². The summed E-state index contributed by atoms with van der Waals surface area (Å²) in [6.07, 6.45) is 4.59. The molecular formula is C13H15NO. The molecule has 0 saturated carbocycles. The Kier molecular flexibility index (Phi) is 2.86. The van der Waals surface area contributed by atoms with Crippen LogP contribution < -0.4 is 4.90 Å². The standard InChI is InChI=1S/C13H15NO/c1-2-3-5-11-6-4-7-12(10-11)14-9-8-13(14)15/h2,4,6-7,10H,1,3,5,8-9H2. The highest BCUT2D eigenvalue weighted by Gasteiger charge is 2.24. The Morgan fingerprint density at radius 1 is 1.47 bits per heavy atom. The molecule has 1 aromatic rings. The van der Waals surface area contributed by atoms with Crippen LogP contribution in [-0.2, 0) is 11.2 Å². The number of rotatable bonds is 4. The Morgan fingerprint density at radius 3 is 2.93 bits per heavy atom. The molecule has 2 rings (SSSR count). The molecule has 1 fully saturated rings. The van der Waals surface area contributed by atoms with E-state index in [1.54, 1.807) is 0 Å². The van der Waals surface area contributed by atoms with Gasteiger partial charge in [-0.2, -0.15) is 0 Å². The van der Waals surface area contributed by atoms with Crippen molar-refractivity contribution in [1.82, 2.24) is 0 Å². The van der Waals surface area contributed by atoms with Gasteiger partial charge >= 0.3 is 0 Å². The second kappa shape index (κ2) is 4.30. The van der Waals surface area contributed by atoms with Gasteiger partial charge in [0.05, 0.1) is 0 Å². The molecule has 1 aliphatic heterocycles. The van der Waals surface area contributed by atoms with E-state index in [1.165, 1.54) is 5.56 Å². The number of anilines is 1. The Bertz CT molecular complexity index is 384. The van der Waals surface area contributed by atoms with E-state index < -0.39 is 0 Å². The molecule has 2 heteroatoms. The van der Waals surface area contributed by atoms with E-state index in [-0.39, 0.29) is 5.91 Å². The van der Waals surface area contributed by atoms with Gasteiger partial charge in [-0.05, 0) is 30.5 Å². The minimum absolute atomic E-state index is 0.232. The lowest BCUT2D eigenvalue weighted by molar-refractivity contribution is -0.122. The Hall–Kier alpha value is -1.57. The van der Waals surface area contributed by atoms with Crippen molar-refractivity contribution in [3.63, 3.8) is 0 Å². The number of β-lactam (4-membered cyclic amide) rings is 1. The van der Waals surface area contributed by atoms with E-state index in [4.69, 9.17) is 0 Å². The van der Waals surface area contributed by atoms with Gasteiger partial charge in [0, 0.05) is 18.7 Å². The van der Waals surface area contributed by atoms with Crippen molar-refractivity contribution >= 4 is 11.6 Å². The first kappa shape index (κ1) is 9.97. The smallest absolute Gasteiger partial charge is 0.228 e. The summed E-state index contributed by atoms with van der Waals surface area (Å²) in [5.74, 6) is 0.232. The quantitative estimate of drug-likeness (QED) is 0.541. The van der Waals surface area contributed by atoms with E-state index >= 15 is 0 Å². The number of carbonyl (C=O) groups is 1. The summed E-state index contributed by atoms with van der Waals surface area (Å²) in [7, 11) is 0. The molecule has 0 aliphatic carbocycles. The second-order valence-electron chi connectivity index (χ2n) is 3.79. The maximum absolute atomic E-state index is 11.3. The lowest BCUT2D eigenvalue weighted by Crippen LogP contribution is -2.43. The van der Waals surface area contributed by atoms with E-state index in [2.05, 4.69) is 18.7 Å². The zero-order chi connectivity index (χ0) is 10.7. The maximum atomic E-state index is 11.3. The van der Waals surface area contributed by atoms with Crippen LogP contribution in [0, 0.1) is 0 Å². The van der Waals surface area contributed by atoms with Crippen molar-refractivity contribution in [3.8, 4) is 0 Å². The molecule has 1 saturated heterocycles. The van der Waals surface area contributed by atoms with Gasteiger partial charge in [-0.25, -0.2) is 0 Å². The average Bonchev–Trinajstić information content (AvgIpc) is 2.25. The predicted molar refractivity (Wildman–Crippen MR) is 61.9 cm³/mol. The molecule has 0 bridgehead atoms. The third-order valence-electron chi connectivity index (χ3n) is 2.71. The van der Waals surface area contributed by atoms with Crippen LogP contribution in [0.2, 0.25) is 0 Å². The molecule has 0 aromatic heterocycles. The van der Waals surface area contributed by atoms with Gasteiger partial charge in [-0.1, -0.05) is 18.2 Å². The van der Waals surface area contributed by atoms with Gasteiger partial charge in [-0.3, -0.25) is 4.79 Å². The Balaban J connectivity index is 2.11. The Morgan fingerprint density at radius 2 is 2.33 bits per heavy atom. The molecule has 2 nitrogen and oxygen atoms in total. The monoisotopic (exact) mass is 201 g/mol. The van der Waals surface area contributed by atoms with Gasteiger partial charge < -0.3 is 4.90 Å². The summed E-state index contributed by atoms with van der Waals surface area (Å²) in [5.41, 5.74) is 2.31. The summed E-state index contributed by atoms with van der Waals surface area (Å²) in [6.45, 7) is 4.57. The molecule has 0 N–H and O–H groups in total. The summed E-state index contributed by atoms with van der Waals surface area (Å²) < 4.78 is 0. The van der Waals surface area contributed by atoms with Crippen molar-refractivity contribution in [2.45, 2.75) is 19.3 Å². The van der Waals surface area contributed by atoms with Gasteiger partial charge in [-0.15, -0.1) is 6.58 Å². The van der Waals surface area contributed by atoms with Crippen LogP contribution >= 0.6 is 0 Å². The summed E-state index contributed by atoms with van der Waals surface area (Å²) in [5, 5.41) is 0. The normalized spacial score (nSPS) is 14.9. The first-order chi connectivity index (χ1) is 7.31. The second-order valence-corrected chi connectivity index (χ2v) is 3.79. The third-order valence-corrected chi connectivity index (χ3v) is 2.71. The largest absolute Gasteiger partial charge is 0.312 e. The maximum Gasteiger partial charge on any atom is 0.228 e. The van der Waals surface area contributed by atoms with Crippen LogP contribution in [0.3, 0.4) is 0 Å². The van der Waals surface area contributed by atoms with Gasteiger partial charge in [0.2, 0.25) is 5.91 Å². The number of nitrogens with zero attached hydrogens (tertiary/aromatic N) is 1. The predicted octanol–water partition coefficient (Wildman–Crippen LogP) is 2.54. The van der Waals surface area contributed by atoms with Crippen LogP contribution in [0.15, 0.2) is 36.9 Å². The Labute approximate surface area is 90.2 Å². The highest BCUT2D eigenvalue weighted by Crippen LogP contribution is 2.23. The number of amides is 1. The number of hydrogen-bond donors (Lipinski definition) is 0. The molecular weight excluding hydrogens is 186 g/mol. The van der Waals surface area contributed by atoms with Crippen molar-refractivity contribution in [2.24, 2.45) is 0 Å². The highest BCUT2D eigenvalue weighted by molar-refractivity contribution is 5.99. The van der Waals surface area contributed by atoms with Crippen LogP contribution in [0.25, 0.3) is 0 Å². The zero-order valence-corrected chi connectivity index (χ0v) is 8.78. The van der Waals surface area contributed by atoms with Crippen LogP contribution in [-0.4, -0.2) is 12.5 Å². The minimum Gasteiger partial charge on any atom is -0.312 e. The number of aryl methyl sites for hydroxylation is 1. The molecule has 15 heavy (non-hydrogen) atoms. The molecule has 1 aromatic carbocycles. The lowest BCUT2D eigenvalue weighted by atomic mass is 10.1. The van der Waals surface area contributed by atoms with Crippen molar-refractivity contribution in [1.29, 1.82) is 0 Å². The van der Waals surface area contributed by atoms with Crippen molar-refractivity contribution in [2.75, 3.05) is 11.4 Å². The number of allylic oxidation sites excluding steroid dienone is 1. The number of benzene rings is 1. The summed E-state index contributed by atoms with van der Waals surface area (Å²) in [6, 6.07) is 8.20. The van der Waals surface area contributed by atoms with E-state index in [1.807, 2.05) is 23.1 Å². The fraction of sp³-hybridized carbons (Fsp3) is 0.308. The van der Waals surface area contributed by atoms with Gasteiger partial charge in [0.25, 0.3) is 0 Å². The minimum atomic E-state index is 0.232. The first-order valence-corrected chi connectivity index (χ1v) is 5.31. The van der Waals surface area contributed by atoms with Crippen molar-refractivity contribution < 1.29 is 4.79 Å². The fourth-order valence-electron chi connectivity index (χ4n) is 1.74. The highest BCUT2D eigenvalue weighted by atomic mass is 16.2. The third kappa shape index (κ3) is 2.09. The molecule has 78 valence electrons. The van der Waals surface area contributed by atoms with Crippen LogP contribution in [0.1, 0.15) is 18.4 Å². The van der Waals surface area contributed by atoms with E-state index in [0.29, 0.717) is 6.42 Å². The zero-order valence-electron chi connectivity index (χ0n) is 8.78. The van der Waals surface area contributed by atoms with Gasteiger partial charge in [0.1, 0.15) is 0 Å². The number of carbonyl (C=O) groups excluding carboxylic acids is 1. The topological polar surface area (TPSA) is 20.3 Å². The molecule has 0 unspecified atom stereocenters. The molecule has 0 radical (unpaired) electrons. The molecule has 0 atom stereocenters. The van der Waals surface area contributed by atoms with Crippen molar-refractivity contribution in [3.05, 3.63) is 42.5 Å². The molecule has 1 heterocycles. The molecule has 1 aliphatic rings. The SMILES string of the molecule is C=CCCc1cccc(N2CCC2=O)c1. The summed E-state index contributed by atoms with van der Waals surface area (Å²) in [4.78, 5) is 13.1. The first-order valence-electron chi connectivity index (χ1n) is 5.31. The summed E-state index contributed by atoms with van der Waals surface area (Å²) >= 11 is 0. The fourth-order valence-corrected chi connectivity index (χ4v) is 1.74. The average molecular weight is 201 g/mol. The molecule has 1 amide bonds. The number of hydrogen-bond acceptors (Lipinski definition) is 1. The van der Waals surface area contributed by atoms with Crippen LogP contribution in [0.4, 0.5) is 5.69 Å². The van der Waals surface area contributed by atoms with E-state index in [9.17, 15) is 4.79 Å². The van der Waals surface area contributed by atoms with Crippen LogP contribution in [0.5, 0.6) is 0 Å². The molecule has 0 spiro atoms. The van der Waals surface area contributed by atoms with E-state index in [0.717, 1.165) is 25.1 Å². The lowest BCUT2D eigenvalue weighted by Gasteiger charge is -2.30.